The molecule has 1 aliphatic carbocycles. The van der Waals surface area contributed by atoms with E-state index < -0.39 is 0 Å². The Bertz CT molecular complexity index is 631. The minimum Gasteiger partial charge on any atom is -0.349 e. The molecule has 0 amide bonds. The predicted octanol–water partition coefficient (Wildman–Crippen LogP) is 3.00. The molecule has 102 valence electrons. The summed E-state index contributed by atoms with van der Waals surface area (Å²) in [5.41, 5.74) is 4.88. The van der Waals surface area contributed by atoms with E-state index in [0.717, 1.165) is 12.1 Å². The van der Waals surface area contributed by atoms with Crippen molar-refractivity contribution in [1.82, 2.24) is 9.88 Å². The zero-order chi connectivity index (χ0) is 13.9. The van der Waals surface area contributed by atoms with Crippen LogP contribution >= 0.6 is 0 Å². The summed E-state index contributed by atoms with van der Waals surface area (Å²) in [7, 11) is 2.04. The molecule has 0 fully saturated rings. The minimum atomic E-state index is 0.501. The topological polar surface area (TPSA) is 40.8 Å². The number of aromatic nitrogens is 1. The summed E-state index contributed by atoms with van der Waals surface area (Å²) in [5, 5.41) is 12.2. The molecule has 1 aromatic carbocycles. The Balaban J connectivity index is 1.81. The van der Waals surface area contributed by atoms with Crippen molar-refractivity contribution in [3.63, 3.8) is 0 Å². The van der Waals surface area contributed by atoms with E-state index in [-0.39, 0.29) is 0 Å². The number of fused-ring (bicyclic) bond motifs is 1. The van der Waals surface area contributed by atoms with Crippen molar-refractivity contribution in [1.29, 1.82) is 5.26 Å². The van der Waals surface area contributed by atoms with Crippen molar-refractivity contribution >= 4 is 0 Å². The van der Waals surface area contributed by atoms with Gasteiger partial charge in [0.05, 0.1) is 11.6 Å². The lowest BCUT2D eigenvalue weighted by Crippen LogP contribution is -2.20. The average molecular weight is 265 g/mol. The van der Waals surface area contributed by atoms with Crippen LogP contribution in [-0.2, 0) is 13.0 Å². The number of rotatable bonds is 3. The summed E-state index contributed by atoms with van der Waals surface area (Å²) in [6, 6.07) is 10.5. The third-order valence-corrected chi connectivity index (χ3v) is 4.11. The normalized spacial score (nSPS) is 17.5. The largest absolute Gasteiger partial charge is 0.349 e. The standard InChI is InChI=1S/C17H19N3/c1-19-17-4-2-3-15-11-20(12-16(15)17)10-14-7-5-13(9-18)6-8-14/h5-8,11-12,17,19H,2-4,10H2,1H3. The quantitative estimate of drug-likeness (QED) is 0.926. The zero-order valence-electron chi connectivity index (χ0n) is 11.8. The van der Waals surface area contributed by atoms with Gasteiger partial charge < -0.3 is 9.88 Å². The lowest BCUT2D eigenvalue weighted by molar-refractivity contribution is 0.498. The summed E-state index contributed by atoms with van der Waals surface area (Å²) in [6.07, 6.45) is 8.22. The van der Waals surface area contributed by atoms with Crippen molar-refractivity contribution < 1.29 is 0 Å². The maximum absolute atomic E-state index is 8.82. The van der Waals surface area contributed by atoms with Crippen LogP contribution in [0.15, 0.2) is 36.7 Å². The van der Waals surface area contributed by atoms with Crippen LogP contribution in [0.4, 0.5) is 0 Å². The average Bonchev–Trinajstić information content (AvgIpc) is 2.90. The highest BCUT2D eigenvalue weighted by atomic mass is 15.0. The summed E-state index contributed by atoms with van der Waals surface area (Å²) in [4.78, 5) is 0. The first-order valence-corrected chi connectivity index (χ1v) is 7.15. The number of nitrogens with one attached hydrogen (secondary N) is 1. The Kier molecular flexibility index (Phi) is 3.58. The van der Waals surface area contributed by atoms with Crippen LogP contribution in [0, 0.1) is 11.3 Å². The van der Waals surface area contributed by atoms with Crippen molar-refractivity contribution in [3.8, 4) is 6.07 Å². The van der Waals surface area contributed by atoms with Gasteiger partial charge in [0, 0.05) is 25.0 Å². The fraction of sp³-hybridized carbons (Fsp3) is 0.353. The van der Waals surface area contributed by atoms with E-state index in [4.69, 9.17) is 5.26 Å². The first-order valence-electron chi connectivity index (χ1n) is 7.15. The molecule has 1 aromatic heterocycles. The van der Waals surface area contributed by atoms with Gasteiger partial charge in [0.15, 0.2) is 0 Å². The monoisotopic (exact) mass is 265 g/mol. The van der Waals surface area contributed by atoms with Gasteiger partial charge in [-0.25, -0.2) is 0 Å². The second kappa shape index (κ2) is 5.52. The second-order valence-electron chi connectivity index (χ2n) is 5.45. The van der Waals surface area contributed by atoms with E-state index in [2.05, 4.69) is 28.3 Å². The fourth-order valence-electron chi connectivity index (χ4n) is 3.03. The molecule has 2 aromatic rings. The van der Waals surface area contributed by atoms with Gasteiger partial charge in [-0.3, -0.25) is 0 Å². The van der Waals surface area contributed by atoms with Gasteiger partial charge in [-0.2, -0.15) is 5.26 Å². The van der Waals surface area contributed by atoms with Crippen molar-refractivity contribution in [2.45, 2.75) is 31.8 Å². The number of nitriles is 1. The Labute approximate surface area is 119 Å². The highest BCUT2D eigenvalue weighted by molar-refractivity contribution is 5.33. The van der Waals surface area contributed by atoms with E-state index in [1.807, 2.05) is 31.3 Å². The van der Waals surface area contributed by atoms with E-state index >= 15 is 0 Å². The molecular formula is C17H19N3. The van der Waals surface area contributed by atoms with Gasteiger partial charge in [-0.05, 0) is 55.1 Å². The van der Waals surface area contributed by atoms with Crippen LogP contribution in [0.1, 0.15) is 41.1 Å². The molecule has 1 heterocycles. The highest BCUT2D eigenvalue weighted by Gasteiger charge is 2.20. The third kappa shape index (κ3) is 2.48. The molecule has 0 saturated heterocycles. The Morgan fingerprint density at radius 1 is 1.30 bits per heavy atom. The highest BCUT2D eigenvalue weighted by Crippen LogP contribution is 2.30. The number of hydrogen-bond acceptors (Lipinski definition) is 2. The molecule has 1 N–H and O–H groups in total. The molecular weight excluding hydrogens is 246 g/mol. The number of aryl methyl sites for hydroxylation is 1. The Morgan fingerprint density at radius 3 is 2.80 bits per heavy atom. The molecule has 0 bridgehead atoms. The summed E-state index contributed by atoms with van der Waals surface area (Å²) in [6.45, 7) is 0.870. The van der Waals surface area contributed by atoms with Crippen molar-refractivity contribution in [2.24, 2.45) is 0 Å². The molecule has 3 heteroatoms. The van der Waals surface area contributed by atoms with Crippen LogP contribution in [0.2, 0.25) is 0 Å². The SMILES string of the molecule is CNC1CCCc2cn(Cc3ccc(C#N)cc3)cc21. The molecule has 0 radical (unpaired) electrons. The molecule has 0 aliphatic heterocycles. The van der Waals surface area contributed by atoms with Crippen LogP contribution in [0.25, 0.3) is 0 Å². The van der Waals surface area contributed by atoms with E-state index in [1.165, 1.54) is 36.0 Å². The van der Waals surface area contributed by atoms with Crippen molar-refractivity contribution in [3.05, 3.63) is 58.9 Å². The molecule has 1 aliphatic rings. The van der Waals surface area contributed by atoms with Crippen LogP contribution in [-0.4, -0.2) is 11.6 Å². The number of hydrogen-bond donors (Lipinski definition) is 1. The van der Waals surface area contributed by atoms with Crippen LogP contribution in [0.3, 0.4) is 0 Å². The number of benzene rings is 1. The van der Waals surface area contributed by atoms with E-state index in [0.29, 0.717) is 6.04 Å². The molecule has 3 nitrogen and oxygen atoms in total. The molecule has 1 atom stereocenters. The van der Waals surface area contributed by atoms with E-state index in [9.17, 15) is 0 Å². The smallest absolute Gasteiger partial charge is 0.0991 e. The Hall–Kier alpha value is -2.05. The third-order valence-electron chi connectivity index (χ3n) is 4.11. The predicted molar refractivity (Wildman–Crippen MR) is 79.4 cm³/mol. The van der Waals surface area contributed by atoms with Gasteiger partial charge in [0.25, 0.3) is 0 Å². The maximum atomic E-state index is 8.82. The lowest BCUT2D eigenvalue weighted by Gasteiger charge is -2.21. The Morgan fingerprint density at radius 2 is 2.10 bits per heavy atom. The lowest BCUT2D eigenvalue weighted by atomic mass is 9.91. The van der Waals surface area contributed by atoms with Gasteiger partial charge >= 0.3 is 0 Å². The minimum absolute atomic E-state index is 0.501. The van der Waals surface area contributed by atoms with E-state index in [1.54, 1.807) is 0 Å². The van der Waals surface area contributed by atoms with Crippen LogP contribution in [0.5, 0.6) is 0 Å². The molecule has 20 heavy (non-hydrogen) atoms. The van der Waals surface area contributed by atoms with Gasteiger partial charge in [-0.15, -0.1) is 0 Å². The van der Waals surface area contributed by atoms with Gasteiger partial charge in [0.2, 0.25) is 0 Å². The molecule has 1 unspecified atom stereocenters. The summed E-state index contributed by atoms with van der Waals surface area (Å²) in [5.74, 6) is 0. The van der Waals surface area contributed by atoms with Gasteiger partial charge in [0.1, 0.15) is 0 Å². The van der Waals surface area contributed by atoms with Crippen LogP contribution < -0.4 is 5.32 Å². The first-order chi connectivity index (χ1) is 9.80. The molecule has 0 saturated carbocycles. The zero-order valence-corrected chi connectivity index (χ0v) is 11.8. The van der Waals surface area contributed by atoms with Gasteiger partial charge in [-0.1, -0.05) is 12.1 Å². The molecule has 3 rings (SSSR count). The summed E-state index contributed by atoms with van der Waals surface area (Å²) < 4.78 is 2.27. The second-order valence-corrected chi connectivity index (χ2v) is 5.45. The maximum Gasteiger partial charge on any atom is 0.0991 e. The first kappa shape index (κ1) is 13.0. The summed E-state index contributed by atoms with van der Waals surface area (Å²) >= 11 is 0. The number of nitrogens with zero attached hydrogens (tertiary/aromatic N) is 2. The fourth-order valence-corrected chi connectivity index (χ4v) is 3.03. The van der Waals surface area contributed by atoms with Crippen molar-refractivity contribution in [2.75, 3.05) is 7.05 Å². The molecule has 0 spiro atoms.